The zero-order valence-corrected chi connectivity index (χ0v) is 17.8. The first kappa shape index (κ1) is 20.5. The number of aliphatic hydroxyl groups is 1. The van der Waals surface area contributed by atoms with E-state index >= 15 is 0 Å². The quantitative estimate of drug-likeness (QED) is 0.437. The lowest BCUT2D eigenvalue weighted by Gasteiger charge is -2.15. The van der Waals surface area contributed by atoms with E-state index in [4.69, 9.17) is 4.52 Å². The van der Waals surface area contributed by atoms with Crippen LogP contribution in [0.2, 0.25) is 0 Å². The fourth-order valence-electron chi connectivity index (χ4n) is 3.04. The van der Waals surface area contributed by atoms with Crippen molar-refractivity contribution in [3.8, 4) is 11.4 Å². The molecule has 0 saturated carbocycles. The molecular weight excluding hydrogens is 396 g/mol. The van der Waals surface area contributed by atoms with E-state index in [-0.39, 0.29) is 18.5 Å². The SMILES string of the molecule is Cc1ccc2ncc(C(=O)Nc3cc(-c4noc(NCC(C)(C)O)n4)ccc3C)n2c1. The van der Waals surface area contributed by atoms with Crippen molar-refractivity contribution < 1.29 is 14.4 Å². The summed E-state index contributed by atoms with van der Waals surface area (Å²) in [5.74, 6) is 0.109. The lowest BCUT2D eigenvalue weighted by molar-refractivity contribution is 0.0936. The molecule has 9 heteroatoms. The molecule has 160 valence electrons. The predicted octanol–water partition coefficient (Wildman–Crippen LogP) is 3.44. The van der Waals surface area contributed by atoms with Gasteiger partial charge in [0.2, 0.25) is 5.82 Å². The summed E-state index contributed by atoms with van der Waals surface area (Å²) in [4.78, 5) is 21.5. The highest BCUT2D eigenvalue weighted by Gasteiger charge is 2.17. The average Bonchev–Trinajstić information content (AvgIpc) is 3.34. The van der Waals surface area contributed by atoms with Crippen molar-refractivity contribution in [1.29, 1.82) is 0 Å². The number of nitrogens with zero attached hydrogens (tertiary/aromatic N) is 4. The van der Waals surface area contributed by atoms with E-state index in [1.165, 1.54) is 0 Å². The molecule has 0 spiro atoms. The third kappa shape index (κ3) is 4.56. The van der Waals surface area contributed by atoms with Crippen LogP contribution in [0.15, 0.2) is 47.2 Å². The van der Waals surface area contributed by atoms with Crippen LogP contribution in [0.1, 0.15) is 35.5 Å². The summed E-state index contributed by atoms with van der Waals surface area (Å²) in [5.41, 5.74) is 3.50. The highest BCUT2D eigenvalue weighted by Crippen LogP contribution is 2.25. The van der Waals surface area contributed by atoms with Crippen LogP contribution in [-0.4, -0.2) is 42.7 Å². The third-order valence-corrected chi connectivity index (χ3v) is 4.73. The molecule has 1 aromatic carbocycles. The molecule has 3 heterocycles. The van der Waals surface area contributed by atoms with Crippen molar-refractivity contribution in [3.05, 3.63) is 59.5 Å². The predicted molar refractivity (Wildman–Crippen MR) is 117 cm³/mol. The zero-order valence-electron chi connectivity index (χ0n) is 17.8. The number of aromatic nitrogens is 4. The van der Waals surface area contributed by atoms with Crippen molar-refractivity contribution >= 4 is 23.3 Å². The number of carbonyl (C=O) groups excluding carboxylic acids is 1. The maximum atomic E-state index is 12.9. The van der Waals surface area contributed by atoms with Gasteiger partial charge in [-0.15, -0.1) is 0 Å². The molecule has 3 aromatic heterocycles. The summed E-state index contributed by atoms with van der Waals surface area (Å²) < 4.78 is 6.97. The van der Waals surface area contributed by atoms with Gasteiger partial charge in [-0.05, 0) is 51.0 Å². The van der Waals surface area contributed by atoms with Crippen molar-refractivity contribution in [2.24, 2.45) is 0 Å². The largest absolute Gasteiger partial charge is 0.389 e. The Hall–Kier alpha value is -3.72. The van der Waals surface area contributed by atoms with Crippen LogP contribution in [0.4, 0.5) is 11.7 Å². The van der Waals surface area contributed by atoms with Gasteiger partial charge >= 0.3 is 6.01 Å². The first-order valence-corrected chi connectivity index (χ1v) is 9.86. The Morgan fingerprint density at radius 1 is 1.23 bits per heavy atom. The fourth-order valence-corrected chi connectivity index (χ4v) is 3.04. The number of hydrogen-bond donors (Lipinski definition) is 3. The molecule has 31 heavy (non-hydrogen) atoms. The van der Waals surface area contributed by atoms with Crippen molar-refractivity contribution in [1.82, 2.24) is 19.5 Å². The normalized spacial score (nSPS) is 11.6. The number of amides is 1. The minimum absolute atomic E-state index is 0.212. The Balaban J connectivity index is 1.56. The van der Waals surface area contributed by atoms with Crippen LogP contribution in [0, 0.1) is 13.8 Å². The van der Waals surface area contributed by atoms with E-state index in [0.29, 0.717) is 28.4 Å². The second-order valence-electron chi connectivity index (χ2n) is 8.15. The van der Waals surface area contributed by atoms with Crippen LogP contribution < -0.4 is 10.6 Å². The number of pyridine rings is 1. The molecule has 0 radical (unpaired) electrons. The number of hydrogen-bond acceptors (Lipinski definition) is 7. The van der Waals surface area contributed by atoms with Gasteiger partial charge in [0.05, 0.1) is 11.8 Å². The Morgan fingerprint density at radius 3 is 2.81 bits per heavy atom. The van der Waals surface area contributed by atoms with E-state index in [9.17, 15) is 9.90 Å². The van der Waals surface area contributed by atoms with E-state index in [1.807, 2.05) is 44.3 Å². The smallest absolute Gasteiger partial charge is 0.321 e. The first-order chi connectivity index (χ1) is 14.7. The number of rotatable bonds is 6. The van der Waals surface area contributed by atoms with E-state index in [1.54, 1.807) is 30.5 Å². The molecule has 0 saturated heterocycles. The molecule has 4 aromatic rings. The molecule has 9 nitrogen and oxygen atoms in total. The third-order valence-electron chi connectivity index (χ3n) is 4.73. The lowest BCUT2D eigenvalue weighted by Crippen LogP contribution is -2.29. The highest BCUT2D eigenvalue weighted by molar-refractivity contribution is 6.04. The monoisotopic (exact) mass is 420 g/mol. The highest BCUT2D eigenvalue weighted by atomic mass is 16.5. The van der Waals surface area contributed by atoms with Crippen LogP contribution in [0.25, 0.3) is 17.0 Å². The van der Waals surface area contributed by atoms with Gasteiger partial charge in [-0.2, -0.15) is 4.98 Å². The zero-order chi connectivity index (χ0) is 22.2. The van der Waals surface area contributed by atoms with Crippen LogP contribution in [-0.2, 0) is 0 Å². The standard InChI is InChI=1S/C22H24N6O3/c1-13-5-8-18-23-10-17(28(18)11-13)20(29)25-16-9-15(7-6-14(16)2)19-26-21(31-27-19)24-12-22(3,4)30/h5-11,30H,12H2,1-4H3,(H,25,29)(H,24,26,27). The van der Waals surface area contributed by atoms with Gasteiger partial charge in [0.15, 0.2) is 0 Å². The maximum absolute atomic E-state index is 12.9. The van der Waals surface area contributed by atoms with Gasteiger partial charge in [0, 0.05) is 24.0 Å². The average molecular weight is 420 g/mol. The van der Waals surface area contributed by atoms with Crippen molar-refractivity contribution in [3.63, 3.8) is 0 Å². The van der Waals surface area contributed by atoms with Crippen LogP contribution in [0.5, 0.6) is 0 Å². The molecule has 0 fully saturated rings. The molecule has 0 aliphatic heterocycles. The molecule has 0 bridgehead atoms. The molecule has 4 rings (SSSR count). The van der Waals surface area contributed by atoms with E-state index < -0.39 is 5.60 Å². The van der Waals surface area contributed by atoms with Gasteiger partial charge in [-0.1, -0.05) is 23.4 Å². The summed E-state index contributed by atoms with van der Waals surface area (Å²) in [7, 11) is 0. The number of anilines is 2. The number of fused-ring (bicyclic) bond motifs is 1. The number of carbonyl (C=O) groups is 1. The van der Waals surface area contributed by atoms with Crippen LogP contribution in [0.3, 0.4) is 0 Å². The molecule has 0 atom stereocenters. The van der Waals surface area contributed by atoms with E-state index in [2.05, 4.69) is 25.8 Å². The first-order valence-electron chi connectivity index (χ1n) is 9.86. The molecule has 0 aliphatic rings. The summed E-state index contributed by atoms with van der Waals surface area (Å²) >= 11 is 0. The number of aryl methyl sites for hydroxylation is 2. The van der Waals surface area contributed by atoms with Gasteiger partial charge in [0.25, 0.3) is 5.91 Å². The van der Waals surface area contributed by atoms with E-state index in [0.717, 1.165) is 11.1 Å². The summed E-state index contributed by atoms with van der Waals surface area (Å²) in [6, 6.07) is 9.57. The summed E-state index contributed by atoms with van der Waals surface area (Å²) in [6.07, 6.45) is 3.44. The second kappa shape index (κ2) is 7.84. The number of imidazole rings is 1. The van der Waals surface area contributed by atoms with Crippen molar-refractivity contribution in [2.75, 3.05) is 17.2 Å². The Morgan fingerprint density at radius 2 is 2.03 bits per heavy atom. The fraction of sp³-hybridized carbons (Fsp3) is 0.273. The molecular formula is C22H24N6O3. The molecule has 0 unspecified atom stereocenters. The summed E-state index contributed by atoms with van der Waals surface area (Å²) in [5, 5.41) is 19.6. The van der Waals surface area contributed by atoms with Crippen LogP contribution >= 0.6 is 0 Å². The summed E-state index contributed by atoms with van der Waals surface area (Å²) in [6.45, 7) is 7.49. The van der Waals surface area contributed by atoms with Gasteiger partial charge < -0.3 is 20.3 Å². The van der Waals surface area contributed by atoms with Crippen molar-refractivity contribution in [2.45, 2.75) is 33.3 Å². The van der Waals surface area contributed by atoms with Gasteiger partial charge in [-0.25, -0.2) is 4.98 Å². The number of benzene rings is 1. The minimum atomic E-state index is -0.910. The maximum Gasteiger partial charge on any atom is 0.321 e. The van der Waals surface area contributed by atoms with Gasteiger partial charge in [-0.3, -0.25) is 9.20 Å². The Bertz CT molecular complexity index is 1250. The Labute approximate surface area is 179 Å². The molecule has 3 N–H and O–H groups in total. The molecule has 1 amide bonds. The topological polar surface area (TPSA) is 118 Å². The molecule has 0 aliphatic carbocycles. The minimum Gasteiger partial charge on any atom is -0.389 e. The second-order valence-corrected chi connectivity index (χ2v) is 8.15. The lowest BCUT2D eigenvalue weighted by atomic mass is 10.1. The Kier molecular flexibility index (Phi) is 5.20. The number of nitrogens with one attached hydrogen (secondary N) is 2. The van der Waals surface area contributed by atoms with Gasteiger partial charge in [0.1, 0.15) is 11.3 Å².